The lowest BCUT2D eigenvalue weighted by Gasteiger charge is -2.10. The third-order valence-corrected chi connectivity index (χ3v) is 3.11. The van der Waals surface area contributed by atoms with Gasteiger partial charge in [-0.15, -0.1) is 0 Å². The quantitative estimate of drug-likeness (QED) is 0.776. The van der Waals surface area contributed by atoms with Gasteiger partial charge in [0, 0.05) is 30.3 Å². The van der Waals surface area contributed by atoms with Crippen molar-refractivity contribution >= 4 is 11.6 Å². The highest BCUT2D eigenvalue weighted by atomic mass is 16.5. The van der Waals surface area contributed by atoms with Gasteiger partial charge in [0.05, 0.1) is 6.61 Å². The molecule has 0 aliphatic carbocycles. The first-order chi connectivity index (χ1) is 8.16. The molecule has 1 unspecified atom stereocenters. The van der Waals surface area contributed by atoms with E-state index in [9.17, 15) is 4.79 Å². The number of benzene rings is 1. The van der Waals surface area contributed by atoms with Crippen LogP contribution in [-0.4, -0.2) is 25.7 Å². The Kier molecular flexibility index (Phi) is 3.64. The fourth-order valence-corrected chi connectivity index (χ4v) is 1.90. The number of amides is 1. The van der Waals surface area contributed by atoms with E-state index in [-0.39, 0.29) is 5.91 Å². The van der Waals surface area contributed by atoms with Crippen LogP contribution >= 0.6 is 0 Å². The van der Waals surface area contributed by atoms with Gasteiger partial charge in [-0.1, -0.05) is 0 Å². The molecule has 1 saturated heterocycles. The van der Waals surface area contributed by atoms with Crippen LogP contribution in [0.2, 0.25) is 0 Å². The lowest BCUT2D eigenvalue weighted by molar-refractivity contribution is 0.0945. The van der Waals surface area contributed by atoms with Crippen LogP contribution in [0.5, 0.6) is 0 Å². The summed E-state index contributed by atoms with van der Waals surface area (Å²) in [5, 5.41) is 2.93. The summed E-state index contributed by atoms with van der Waals surface area (Å²) in [5.74, 6) is 0.411. The average molecular weight is 234 g/mol. The predicted molar refractivity (Wildman–Crippen MR) is 66.9 cm³/mol. The molecule has 1 aromatic carbocycles. The van der Waals surface area contributed by atoms with Gasteiger partial charge >= 0.3 is 0 Å². The minimum Gasteiger partial charge on any atom is -0.399 e. The summed E-state index contributed by atoms with van der Waals surface area (Å²) in [5.41, 5.74) is 8.02. The summed E-state index contributed by atoms with van der Waals surface area (Å²) >= 11 is 0. The number of anilines is 1. The minimum absolute atomic E-state index is 0.0417. The maximum absolute atomic E-state index is 11.9. The van der Waals surface area contributed by atoms with Crippen LogP contribution < -0.4 is 11.1 Å². The first kappa shape index (κ1) is 11.9. The van der Waals surface area contributed by atoms with Gasteiger partial charge in [0.1, 0.15) is 0 Å². The maximum atomic E-state index is 11.9. The lowest BCUT2D eigenvalue weighted by atomic mass is 10.1. The van der Waals surface area contributed by atoms with Crippen molar-refractivity contribution in [2.24, 2.45) is 5.92 Å². The van der Waals surface area contributed by atoms with E-state index in [0.717, 1.165) is 25.2 Å². The Morgan fingerprint density at radius 1 is 1.59 bits per heavy atom. The largest absolute Gasteiger partial charge is 0.399 e. The minimum atomic E-state index is -0.0417. The van der Waals surface area contributed by atoms with E-state index in [0.29, 0.717) is 23.7 Å². The second-order valence-electron chi connectivity index (χ2n) is 4.51. The van der Waals surface area contributed by atoms with Gasteiger partial charge in [-0.2, -0.15) is 0 Å². The van der Waals surface area contributed by atoms with Gasteiger partial charge in [-0.05, 0) is 37.1 Å². The summed E-state index contributed by atoms with van der Waals surface area (Å²) in [6.07, 6.45) is 1.03. The van der Waals surface area contributed by atoms with Crippen LogP contribution in [0.4, 0.5) is 5.69 Å². The molecule has 2 rings (SSSR count). The molecule has 1 aliphatic rings. The Morgan fingerprint density at radius 3 is 3.06 bits per heavy atom. The summed E-state index contributed by atoms with van der Waals surface area (Å²) in [4.78, 5) is 11.9. The first-order valence-corrected chi connectivity index (χ1v) is 5.89. The molecule has 0 spiro atoms. The fraction of sp³-hybridized carbons (Fsp3) is 0.462. The Balaban J connectivity index is 1.92. The van der Waals surface area contributed by atoms with Crippen LogP contribution in [0.15, 0.2) is 18.2 Å². The molecule has 1 aromatic rings. The molecule has 1 amide bonds. The normalized spacial score (nSPS) is 19.2. The highest BCUT2D eigenvalue weighted by Gasteiger charge is 2.16. The van der Waals surface area contributed by atoms with Crippen LogP contribution in [0.1, 0.15) is 22.3 Å². The molecule has 0 saturated carbocycles. The number of hydrogen-bond acceptors (Lipinski definition) is 3. The Bertz CT molecular complexity index is 412. The Labute approximate surface area is 101 Å². The molecular formula is C13H18N2O2. The lowest BCUT2D eigenvalue weighted by Crippen LogP contribution is -2.29. The van der Waals surface area contributed by atoms with E-state index in [1.54, 1.807) is 12.1 Å². The molecule has 4 nitrogen and oxygen atoms in total. The van der Waals surface area contributed by atoms with Gasteiger partial charge in [-0.3, -0.25) is 4.79 Å². The van der Waals surface area contributed by atoms with E-state index in [1.807, 2.05) is 13.0 Å². The molecule has 1 atom stereocenters. The van der Waals surface area contributed by atoms with Crippen molar-refractivity contribution in [3.8, 4) is 0 Å². The number of ether oxygens (including phenoxy) is 1. The highest BCUT2D eigenvalue weighted by molar-refractivity contribution is 5.94. The number of carbonyl (C=O) groups excluding carboxylic acids is 1. The van der Waals surface area contributed by atoms with Crippen LogP contribution in [0.3, 0.4) is 0 Å². The Morgan fingerprint density at radius 2 is 2.41 bits per heavy atom. The van der Waals surface area contributed by atoms with Crippen LogP contribution in [0.25, 0.3) is 0 Å². The molecule has 4 heteroatoms. The number of aryl methyl sites for hydroxylation is 1. The topological polar surface area (TPSA) is 64.3 Å². The molecule has 0 bridgehead atoms. The number of nitrogen functional groups attached to an aromatic ring is 1. The van der Waals surface area contributed by atoms with Gasteiger partial charge < -0.3 is 15.8 Å². The SMILES string of the molecule is Cc1cc(C(=O)NCC2CCOC2)ccc1N. The number of nitrogens with one attached hydrogen (secondary N) is 1. The molecule has 17 heavy (non-hydrogen) atoms. The molecule has 1 fully saturated rings. The number of carbonyl (C=O) groups is 1. The monoisotopic (exact) mass is 234 g/mol. The second kappa shape index (κ2) is 5.19. The third-order valence-electron chi connectivity index (χ3n) is 3.11. The van der Waals surface area contributed by atoms with Crippen molar-refractivity contribution in [3.05, 3.63) is 29.3 Å². The summed E-state index contributed by atoms with van der Waals surface area (Å²) in [7, 11) is 0. The van der Waals surface area contributed by atoms with Crippen molar-refractivity contribution in [2.75, 3.05) is 25.5 Å². The predicted octanol–water partition coefficient (Wildman–Crippen LogP) is 1.34. The molecule has 3 N–H and O–H groups in total. The molecule has 0 aromatic heterocycles. The van der Waals surface area contributed by atoms with Crippen LogP contribution in [0, 0.1) is 12.8 Å². The summed E-state index contributed by atoms with van der Waals surface area (Å²) in [6, 6.07) is 5.33. The van der Waals surface area contributed by atoms with E-state index in [2.05, 4.69) is 5.32 Å². The summed E-state index contributed by atoms with van der Waals surface area (Å²) in [6.45, 7) is 4.14. The van der Waals surface area contributed by atoms with Crippen molar-refractivity contribution in [1.29, 1.82) is 0 Å². The van der Waals surface area contributed by atoms with Crippen LogP contribution in [-0.2, 0) is 4.74 Å². The molecule has 0 radical (unpaired) electrons. The standard InChI is InChI=1S/C13H18N2O2/c1-9-6-11(2-3-12(9)14)13(16)15-7-10-4-5-17-8-10/h2-3,6,10H,4-5,7-8,14H2,1H3,(H,15,16). The zero-order chi connectivity index (χ0) is 12.3. The van der Waals surface area contributed by atoms with Gasteiger partial charge in [0.25, 0.3) is 5.91 Å². The van der Waals surface area contributed by atoms with E-state index in [1.165, 1.54) is 0 Å². The van der Waals surface area contributed by atoms with Gasteiger partial charge in [0.15, 0.2) is 0 Å². The van der Waals surface area contributed by atoms with Gasteiger partial charge in [0.2, 0.25) is 0 Å². The zero-order valence-corrected chi connectivity index (χ0v) is 10.0. The third kappa shape index (κ3) is 2.97. The second-order valence-corrected chi connectivity index (χ2v) is 4.51. The highest BCUT2D eigenvalue weighted by Crippen LogP contribution is 2.14. The molecule has 92 valence electrons. The average Bonchev–Trinajstić information content (AvgIpc) is 2.82. The molecule has 1 aliphatic heterocycles. The smallest absolute Gasteiger partial charge is 0.251 e. The molecular weight excluding hydrogens is 216 g/mol. The van der Waals surface area contributed by atoms with E-state index < -0.39 is 0 Å². The maximum Gasteiger partial charge on any atom is 0.251 e. The number of nitrogens with two attached hydrogens (primary N) is 1. The summed E-state index contributed by atoms with van der Waals surface area (Å²) < 4.78 is 5.26. The van der Waals surface area contributed by atoms with Crippen molar-refractivity contribution in [3.63, 3.8) is 0 Å². The number of rotatable bonds is 3. The molecule has 1 heterocycles. The zero-order valence-electron chi connectivity index (χ0n) is 10.0. The first-order valence-electron chi connectivity index (χ1n) is 5.89. The fourth-order valence-electron chi connectivity index (χ4n) is 1.90. The van der Waals surface area contributed by atoms with E-state index in [4.69, 9.17) is 10.5 Å². The Hall–Kier alpha value is -1.55. The van der Waals surface area contributed by atoms with Gasteiger partial charge in [-0.25, -0.2) is 0 Å². The number of hydrogen-bond donors (Lipinski definition) is 2. The van der Waals surface area contributed by atoms with Crippen molar-refractivity contribution < 1.29 is 9.53 Å². The van der Waals surface area contributed by atoms with Crippen molar-refractivity contribution in [2.45, 2.75) is 13.3 Å². The van der Waals surface area contributed by atoms with Crippen molar-refractivity contribution in [1.82, 2.24) is 5.32 Å². The van der Waals surface area contributed by atoms with E-state index >= 15 is 0 Å².